The predicted octanol–water partition coefficient (Wildman–Crippen LogP) is 4.98. The number of hydrogen-bond donors (Lipinski definition) is 1. The van der Waals surface area contributed by atoms with Crippen LogP contribution in [0.2, 0.25) is 0 Å². The van der Waals surface area contributed by atoms with Crippen molar-refractivity contribution in [3.63, 3.8) is 0 Å². The Balaban J connectivity index is 1.42. The molecule has 0 aliphatic carbocycles. The van der Waals surface area contributed by atoms with Gasteiger partial charge in [0.15, 0.2) is 0 Å². The first-order chi connectivity index (χ1) is 18.3. The zero-order chi connectivity index (χ0) is 26.8. The van der Waals surface area contributed by atoms with Crippen LogP contribution in [-0.2, 0) is 9.53 Å². The summed E-state index contributed by atoms with van der Waals surface area (Å²) in [6, 6.07) is 18.4. The molecular weight excluding hydrogens is 485 g/mol. The molecule has 1 N–H and O–H groups in total. The molecule has 0 aliphatic rings. The van der Waals surface area contributed by atoms with Crippen molar-refractivity contribution in [1.29, 1.82) is 0 Å². The maximum absolute atomic E-state index is 13.8. The number of fused-ring (bicyclic) bond motifs is 1. The number of rotatable bonds is 7. The number of aromatic nitrogens is 4. The molecule has 192 valence electrons. The van der Waals surface area contributed by atoms with Crippen molar-refractivity contribution in [1.82, 2.24) is 24.5 Å². The summed E-state index contributed by atoms with van der Waals surface area (Å²) >= 11 is 0. The number of halogens is 1. The zero-order valence-electron chi connectivity index (χ0n) is 21.2. The number of amides is 1. The van der Waals surface area contributed by atoms with Crippen molar-refractivity contribution >= 4 is 17.5 Å². The average Bonchev–Trinajstić information content (AvgIpc) is 3.49. The predicted molar refractivity (Wildman–Crippen MR) is 140 cm³/mol. The van der Waals surface area contributed by atoms with Gasteiger partial charge in [-0.2, -0.15) is 5.10 Å². The second-order valence-electron chi connectivity index (χ2n) is 9.04. The molecule has 0 saturated heterocycles. The third kappa shape index (κ3) is 5.04. The molecule has 0 unspecified atom stereocenters. The maximum atomic E-state index is 13.8. The highest BCUT2D eigenvalue weighted by molar-refractivity contribution is 5.95. The van der Waals surface area contributed by atoms with Gasteiger partial charge in [-0.3, -0.25) is 14.0 Å². The summed E-state index contributed by atoms with van der Waals surface area (Å²) < 4.78 is 22.4. The number of benzene rings is 2. The largest absolute Gasteiger partial charge is 0.469 e. The van der Waals surface area contributed by atoms with E-state index in [4.69, 9.17) is 4.74 Å². The molecule has 0 radical (unpaired) electrons. The summed E-state index contributed by atoms with van der Waals surface area (Å²) in [4.78, 5) is 29.6. The molecule has 0 aliphatic heterocycles. The molecule has 5 aromatic rings. The minimum atomic E-state index is -0.755. The van der Waals surface area contributed by atoms with Gasteiger partial charge in [0.1, 0.15) is 11.5 Å². The van der Waals surface area contributed by atoms with Gasteiger partial charge in [-0.15, -0.1) is 0 Å². The van der Waals surface area contributed by atoms with E-state index in [-0.39, 0.29) is 6.42 Å². The number of carbonyl (C=O) groups excluding carboxylic acids is 2. The van der Waals surface area contributed by atoms with Gasteiger partial charge in [0, 0.05) is 23.0 Å². The monoisotopic (exact) mass is 511 g/mol. The molecule has 38 heavy (non-hydrogen) atoms. The van der Waals surface area contributed by atoms with E-state index in [2.05, 4.69) is 15.4 Å². The highest BCUT2D eigenvalue weighted by Crippen LogP contribution is 2.25. The minimum Gasteiger partial charge on any atom is -0.469 e. The second-order valence-corrected chi connectivity index (χ2v) is 9.04. The van der Waals surface area contributed by atoms with Crippen molar-refractivity contribution < 1.29 is 18.7 Å². The summed E-state index contributed by atoms with van der Waals surface area (Å²) in [5.74, 6) is -1.39. The van der Waals surface area contributed by atoms with Crippen molar-refractivity contribution in [2.75, 3.05) is 7.11 Å². The first kappa shape index (κ1) is 24.9. The molecule has 3 aromatic heterocycles. The lowest BCUT2D eigenvalue weighted by Gasteiger charge is -2.18. The molecule has 3 heterocycles. The van der Waals surface area contributed by atoms with E-state index in [0.29, 0.717) is 16.8 Å². The summed E-state index contributed by atoms with van der Waals surface area (Å²) in [5.41, 5.74) is 6.14. The van der Waals surface area contributed by atoms with Gasteiger partial charge < -0.3 is 10.1 Å². The second kappa shape index (κ2) is 10.3. The van der Waals surface area contributed by atoms with E-state index in [0.717, 1.165) is 28.3 Å². The Morgan fingerprint density at radius 3 is 2.61 bits per heavy atom. The molecule has 2 aromatic carbocycles. The Morgan fingerprint density at radius 1 is 1.05 bits per heavy atom. The highest BCUT2D eigenvalue weighted by Gasteiger charge is 2.21. The van der Waals surface area contributed by atoms with E-state index in [1.165, 1.54) is 25.3 Å². The Bertz CT molecular complexity index is 1660. The Hall–Kier alpha value is -4.79. The van der Waals surface area contributed by atoms with E-state index in [1.807, 2.05) is 53.3 Å². The molecule has 8 nitrogen and oxygen atoms in total. The number of aryl methyl sites for hydroxylation is 2. The van der Waals surface area contributed by atoms with Gasteiger partial charge in [0.2, 0.25) is 0 Å². The van der Waals surface area contributed by atoms with Crippen molar-refractivity contribution in [3.05, 3.63) is 107 Å². The van der Waals surface area contributed by atoms with Crippen LogP contribution >= 0.6 is 0 Å². The molecule has 1 amide bonds. The zero-order valence-corrected chi connectivity index (χ0v) is 21.2. The quantitative estimate of drug-likeness (QED) is 0.312. The number of nitrogens with zero attached hydrogens (tertiary/aromatic N) is 4. The van der Waals surface area contributed by atoms with E-state index >= 15 is 0 Å². The standard InChI is InChI=1S/C29H26FN5O3/c1-18-12-19(2)35(33-18)24-9-5-7-21(14-24)26-17-31-27-15-22(10-11-34(26)27)29(37)32-25(16-28(36)38-3)20-6-4-8-23(30)13-20/h4-15,17,25H,16H2,1-3H3,(H,32,37)/t25-/m0/s1. The summed E-state index contributed by atoms with van der Waals surface area (Å²) in [6.45, 7) is 3.97. The average molecular weight is 512 g/mol. The third-order valence-corrected chi connectivity index (χ3v) is 6.33. The lowest BCUT2D eigenvalue weighted by molar-refractivity contribution is -0.141. The van der Waals surface area contributed by atoms with Gasteiger partial charge in [0.05, 0.1) is 42.8 Å². The minimum absolute atomic E-state index is 0.132. The molecular formula is C29H26FN5O3. The number of ether oxygens (including phenoxy) is 1. The molecule has 0 bridgehead atoms. The number of hydrogen-bond acceptors (Lipinski definition) is 5. The summed E-state index contributed by atoms with van der Waals surface area (Å²) in [6.07, 6.45) is 3.40. The van der Waals surface area contributed by atoms with E-state index < -0.39 is 23.7 Å². The topological polar surface area (TPSA) is 90.5 Å². The number of carbonyl (C=O) groups is 2. The van der Waals surface area contributed by atoms with Gasteiger partial charge in [-0.05, 0) is 61.9 Å². The van der Waals surface area contributed by atoms with Crippen LogP contribution in [0.1, 0.15) is 39.8 Å². The lowest BCUT2D eigenvalue weighted by atomic mass is 10.0. The highest BCUT2D eigenvalue weighted by atomic mass is 19.1. The fourth-order valence-corrected chi connectivity index (χ4v) is 4.49. The van der Waals surface area contributed by atoms with Crippen molar-refractivity contribution in [3.8, 4) is 16.9 Å². The van der Waals surface area contributed by atoms with E-state index in [1.54, 1.807) is 30.6 Å². The molecule has 1 atom stereocenters. The lowest BCUT2D eigenvalue weighted by Crippen LogP contribution is -2.30. The summed E-state index contributed by atoms with van der Waals surface area (Å²) in [5, 5.41) is 7.39. The van der Waals surface area contributed by atoms with Crippen LogP contribution < -0.4 is 5.32 Å². The fraction of sp³-hybridized carbons (Fsp3) is 0.172. The van der Waals surface area contributed by atoms with Gasteiger partial charge >= 0.3 is 5.97 Å². The fourth-order valence-electron chi connectivity index (χ4n) is 4.49. The molecule has 0 saturated carbocycles. The molecule has 9 heteroatoms. The van der Waals surface area contributed by atoms with Crippen LogP contribution in [0.4, 0.5) is 4.39 Å². The van der Waals surface area contributed by atoms with Crippen LogP contribution in [-0.4, -0.2) is 38.2 Å². The van der Waals surface area contributed by atoms with Gasteiger partial charge in [0.25, 0.3) is 5.91 Å². The first-order valence-electron chi connectivity index (χ1n) is 12.1. The number of pyridine rings is 1. The number of esters is 1. The van der Waals surface area contributed by atoms with Crippen LogP contribution in [0.25, 0.3) is 22.6 Å². The van der Waals surface area contributed by atoms with Gasteiger partial charge in [-0.25, -0.2) is 14.1 Å². The van der Waals surface area contributed by atoms with E-state index in [9.17, 15) is 14.0 Å². The van der Waals surface area contributed by atoms with Crippen LogP contribution in [0.15, 0.2) is 79.1 Å². The van der Waals surface area contributed by atoms with Crippen LogP contribution in [0.3, 0.4) is 0 Å². The van der Waals surface area contributed by atoms with Crippen molar-refractivity contribution in [2.45, 2.75) is 26.3 Å². The van der Waals surface area contributed by atoms with Gasteiger partial charge in [-0.1, -0.05) is 24.3 Å². The Kier molecular flexibility index (Phi) is 6.74. The number of imidazole rings is 1. The SMILES string of the molecule is COC(=O)C[C@H](NC(=O)c1ccn2c(-c3cccc(-n4nc(C)cc4C)c3)cnc2c1)c1cccc(F)c1. The molecule has 0 fully saturated rings. The number of methoxy groups -OCH3 is 1. The van der Waals surface area contributed by atoms with Crippen LogP contribution in [0, 0.1) is 19.7 Å². The smallest absolute Gasteiger partial charge is 0.307 e. The third-order valence-electron chi connectivity index (χ3n) is 6.33. The normalized spacial score (nSPS) is 11.9. The summed E-state index contributed by atoms with van der Waals surface area (Å²) in [7, 11) is 1.27. The maximum Gasteiger partial charge on any atom is 0.307 e. The van der Waals surface area contributed by atoms with Crippen LogP contribution in [0.5, 0.6) is 0 Å². The first-order valence-corrected chi connectivity index (χ1v) is 12.1. The Labute approximate surface area is 218 Å². The van der Waals surface area contributed by atoms with Crippen molar-refractivity contribution in [2.24, 2.45) is 0 Å². The number of nitrogens with one attached hydrogen (secondary N) is 1. The Morgan fingerprint density at radius 2 is 1.87 bits per heavy atom. The molecule has 0 spiro atoms. The molecule has 5 rings (SSSR count).